The summed E-state index contributed by atoms with van der Waals surface area (Å²) in [7, 11) is 0. The minimum Gasteiger partial charge on any atom is -0.326 e. The number of hydrogen-bond donors (Lipinski definition) is 1. The van der Waals surface area contributed by atoms with E-state index in [0.717, 1.165) is 28.9 Å². The van der Waals surface area contributed by atoms with Crippen LogP contribution in [0.25, 0.3) is 0 Å². The van der Waals surface area contributed by atoms with Crippen LogP contribution in [0.5, 0.6) is 0 Å². The Labute approximate surface area is 148 Å². The van der Waals surface area contributed by atoms with Gasteiger partial charge in [0, 0.05) is 24.3 Å². The summed E-state index contributed by atoms with van der Waals surface area (Å²) in [5, 5.41) is 2.99. The van der Waals surface area contributed by atoms with Crippen LogP contribution >= 0.6 is 0 Å². The van der Waals surface area contributed by atoms with E-state index in [1.54, 1.807) is 4.90 Å². The second kappa shape index (κ2) is 7.09. The van der Waals surface area contributed by atoms with Gasteiger partial charge in [0.15, 0.2) is 0 Å². The summed E-state index contributed by atoms with van der Waals surface area (Å²) in [4.78, 5) is 26.8. The summed E-state index contributed by atoms with van der Waals surface area (Å²) in [5.41, 5.74) is 5.09. The Balaban J connectivity index is 1.73. The average molecular weight is 336 g/mol. The van der Waals surface area contributed by atoms with Crippen molar-refractivity contribution < 1.29 is 9.59 Å². The van der Waals surface area contributed by atoms with Crippen molar-refractivity contribution >= 4 is 23.2 Å². The smallest absolute Gasteiger partial charge is 0.229 e. The van der Waals surface area contributed by atoms with Crippen molar-refractivity contribution in [3.63, 3.8) is 0 Å². The molecule has 1 fully saturated rings. The summed E-state index contributed by atoms with van der Waals surface area (Å²) < 4.78 is 0. The monoisotopic (exact) mass is 336 g/mol. The molecule has 3 rings (SSSR count). The van der Waals surface area contributed by atoms with Gasteiger partial charge in [-0.05, 0) is 55.2 Å². The third-order valence-corrected chi connectivity index (χ3v) is 4.99. The minimum absolute atomic E-state index is 0.00867. The largest absolute Gasteiger partial charge is 0.326 e. The van der Waals surface area contributed by atoms with E-state index in [1.165, 1.54) is 5.56 Å². The lowest BCUT2D eigenvalue weighted by molar-refractivity contribution is -0.122. The SMILES string of the molecule is CCc1cccc(N2C[C@@H](C(=O)Nc3cccc(C)c3C)CC2=O)c1. The Morgan fingerprint density at radius 3 is 2.72 bits per heavy atom. The standard InChI is InChI=1S/C21H24N2O2/c1-4-16-8-6-9-18(11-16)23-13-17(12-20(23)24)21(25)22-19-10-5-7-14(2)15(19)3/h5-11,17H,4,12-13H2,1-3H3,(H,22,25)/t17-/m0/s1. The molecule has 0 radical (unpaired) electrons. The first-order chi connectivity index (χ1) is 12.0. The minimum atomic E-state index is -0.322. The van der Waals surface area contributed by atoms with Gasteiger partial charge in [0.2, 0.25) is 11.8 Å². The molecule has 1 N–H and O–H groups in total. The van der Waals surface area contributed by atoms with Gasteiger partial charge in [-0.3, -0.25) is 9.59 Å². The number of anilines is 2. The van der Waals surface area contributed by atoms with E-state index in [2.05, 4.69) is 18.3 Å². The van der Waals surface area contributed by atoms with Crippen molar-refractivity contribution in [2.45, 2.75) is 33.6 Å². The maximum atomic E-state index is 12.6. The topological polar surface area (TPSA) is 49.4 Å². The molecule has 1 atom stereocenters. The molecule has 130 valence electrons. The molecule has 2 amide bonds. The molecular weight excluding hydrogens is 312 g/mol. The number of benzene rings is 2. The van der Waals surface area contributed by atoms with Gasteiger partial charge in [0.1, 0.15) is 0 Å². The second-order valence-electron chi connectivity index (χ2n) is 6.67. The molecule has 25 heavy (non-hydrogen) atoms. The van der Waals surface area contributed by atoms with Crippen molar-refractivity contribution in [3.05, 3.63) is 59.2 Å². The second-order valence-corrected chi connectivity index (χ2v) is 6.67. The molecule has 0 unspecified atom stereocenters. The fourth-order valence-corrected chi connectivity index (χ4v) is 3.20. The molecule has 4 nitrogen and oxygen atoms in total. The lowest BCUT2D eigenvalue weighted by atomic mass is 10.1. The summed E-state index contributed by atoms with van der Waals surface area (Å²) in [6.45, 7) is 6.54. The van der Waals surface area contributed by atoms with Crippen LogP contribution in [0, 0.1) is 19.8 Å². The highest BCUT2D eigenvalue weighted by atomic mass is 16.2. The Hall–Kier alpha value is -2.62. The van der Waals surface area contributed by atoms with Crippen molar-refractivity contribution in [2.75, 3.05) is 16.8 Å². The first-order valence-corrected chi connectivity index (χ1v) is 8.76. The van der Waals surface area contributed by atoms with Gasteiger partial charge in [-0.25, -0.2) is 0 Å². The van der Waals surface area contributed by atoms with E-state index in [4.69, 9.17) is 0 Å². The van der Waals surface area contributed by atoms with Gasteiger partial charge < -0.3 is 10.2 Å². The summed E-state index contributed by atoms with van der Waals surface area (Å²) >= 11 is 0. The maximum Gasteiger partial charge on any atom is 0.229 e. The van der Waals surface area contributed by atoms with Gasteiger partial charge in [0.25, 0.3) is 0 Å². The number of rotatable bonds is 4. The first-order valence-electron chi connectivity index (χ1n) is 8.76. The number of carbonyl (C=O) groups excluding carboxylic acids is 2. The number of nitrogens with zero attached hydrogens (tertiary/aromatic N) is 1. The average Bonchev–Trinajstić information content (AvgIpc) is 3.01. The highest BCUT2D eigenvalue weighted by Gasteiger charge is 2.35. The molecule has 0 bridgehead atoms. The molecule has 0 saturated carbocycles. The van der Waals surface area contributed by atoms with Gasteiger partial charge in [-0.15, -0.1) is 0 Å². The molecule has 1 aliphatic rings. The highest BCUT2D eigenvalue weighted by Crippen LogP contribution is 2.27. The van der Waals surface area contributed by atoms with Crippen LogP contribution in [0.2, 0.25) is 0 Å². The van der Waals surface area contributed by atoms with Crippen LogP contribution in [0.3, 0.4) is 0 Å². The molecule has 1 saturated heterocycles. The van der Waals surface area contributed by atoms with E-state index in [-0.39, 0.29) is 24.2 Å². The number of nitrogens with one attached hydrogen (secondary N) is 1. The van der Waals surface area contributed by atoms with Crippen molar-refractivity contribution in [2.24, 2.45) is 5.92 Å². The van der Waals surface area contributed by atoms with Gasteiger partial charge in [-0.1, -0.05) is 31.2 Å². The fraction of sp³-hybridized carbons (Fsp3) is 0.333. The summed E-state index contributed by atoms with van der Waals surface area (Å²) in [6, 6.07) is 13.8. The van der Waals surface area contributed by atoms with E-state index in [1.807, 2.05) is 50.2 Å². The van der Waals surface area contributed by atoms with Crippen molar-refractivity contribution in [3.8, 4) is 0 Å². The third kappa shape index (κ3) is 3.58. The van der Waals surface area contributed by atoms with Crippen LogP contribution < -0.4 is 10.2 Å². The van der Waals surface area contributed by atoms with Crippen LogP contribution in [0.4, 0.5) is 11.4 Å². The molecule has 1 aliphatic heterocycles. The van der Waals surface area contributed by atoms with Crippen molar-refractivity contribution in [1.29, 1.82) is 0 Å². The summed E-state index contributed by atoms with van der Waals surface area (Å²) in [5.74, 6) is -0.400. The van der Waals surface area contributed by atoms with E-state index in [0.29, 0.717) is 6.54 Å². The number of carbonyl (C=O) groups is 2. The first kappa shape index (κ1) is 17.2. The van der Waals surface area contributed by atoms with Crippen LogP contribution in [-0.2, 0) is 16.0 Å². The van der Waals surface area contributed by atoms with Gasteiger partial charge in [0.05, 0.1) is 5.92 Å². The predicted octanol–water partition coefficient (Wildman–Crippen LogP) is 3.86. The van der Waals surface area contributed by atoms with Crippen molar-refractivity contribution in [1.82, 2.24) is 0 Å². The molecule has 4 heteroatoms. The normalized spacial score (nSPS) is 17.0. The molecule has 2 aromatic rings. The number of hydrogen-bond acceptors (Lipinski definition) is 2. The van der Waals surface area contributed by atoms with E-state index in [9.17, 15) is 9.59 Å². The predicted molar refractivity (Wildman–Crippen MR) is 101 cm³/mol. The highest BCUT2D eigenvalue weighted by molar-refractivity contribution is 6.03. The summed E-state index contributed by atoms with van der Waals surface area (Å²) in [6.07, 6.45) is 1.18. The molecule has 0 aromatic heterocycles. The zero-order valence-corrected chi connectivity index (χ0v) is 15.0. The third-order valence-electron chi connectivity index (χ3n) is 4.99. The number of aryl methyl sites for hydroxylation is 2. The Morgan fingerprint density at radius 1 is 1.20 bits per heavy atom. The Kier molecular flexibility index (Phi) is 4.88. The molecule has 0 spiro atoms. The van der Waals surface area contributed by atoms with Crippen LogP contribution in [-0.4, -0.2) is 18.4 Å². The maximum absolute atomic E-state index is 12.6. The number of amides is 2. The molecule has 2 aromatic carbocycles. The zero-order valence-electron chi connectivity index (χ0n) is 15.0. The Bertz CT molecular complexity index is 813. The zero-order chi connectivity index (χ0) is 18.0. The van der Waals surface area contributed by atoms with Gasteiger partial charge >= 0.3 is 0 Å². The lowest BCUT2D eigenvalue weighted by Crippen LogP contribution is -2.28. The van der Waals surface area contributed by atoms with Crippen LogP contribution in [0.15, 0.2) is 42.5 Å². The van der Waals surface area contributed by atoms with E-state index >= 15 is 0 Å². The fourth-order valence-electron chi connectivity index (χ4n) is 3.20. The van der Waals surface area contributed by atoms with Crippen LogP contribution in [0.1, 0.15) is 30.0 Å². The Morgan fingerprint density at radius 2 is 1.96 bits per heavy atom. The molecule has 1 heterocycles. The lowest BCUT2D eigenvalue weighted by Gasteiger charge is -2.18. The molecule has 0 aliphatic carbocycles. The quantitative estimate of drug-likeness (QED) is 0.922. The molecular formula is C21H24N2O2. The van der Waals surface area contributed by atoms with E-state index < -0.39 is 0 Å². The van der Waals surface area contributed by atoms with Gasteiger partial charge in [-0.2, -0.15) is 0 Å².